The quantitative estimate of drug-likeness (QED) is 0.604. The van der Waals surface area contributed by atoms with Crippen molar-refractivity contribution < 1.29 is 17.9 Å². The Labute approximate surface area is 117 Å². The number of amides is 1. The molecule has 0 aliphatic carbocycles. The highest BCUT2D eigenvalue weighted by atomic mass is 35.5. The molecule has 0 unspecified atom stereocenters. The van der Waals surface area contributed by atoms with Crippen LogP contribution in [-0.4, -0.2) is 46.2 Å². The lowest BCUT2D eigenvalue weighted by Gasteiger charge is -2.06. The number of nitrogens with one attached hydrogen (secondary N) is 1. The number of carbonyl (C=O) groups excluding carboxylic acids is 1. The molecular formula is C12H16ClNO4S. The van der Waals surface area contributed by atoms with Crippen LogP contribution < -0.4 is 5.32 Å². The molecule has 7 heteroatoms. The molecule has 0 aliphatic heterocycles. The summed E-state index contributed by atoms with van der Waals surface area (Å²) in [6.45, 7) is 1.14. The van der Waals surface area contributed by atoms with Crippen LogP contribution in [0.2, 0.25) is 0 Å². The highest BCUT2D eigenvalue weighted by molar-refractivity contribution is 7.90. The minimum atomic E-state index is -3.31. The van der Waals surface area contributed by atoms with E-state index in [1.54, 1.807) is 6.07 Å². The van der Waals surface area contributed by atoms with Crippen molar-refractivity contribution in [1.29, 1.82) is 0 Å². The highest BCUT2D eigenvalue weighted by Gasteiger charge is 2.11. The van der Waals surface area contributed by atoms with E-state index in [0.29, 0.717) is 31.2 Å². The van der Waals surface area contributed by atoms with E-state index in [-0.39, 0.29) is 10.8 Å². The molecule has 5 nitrogen and oxygen atoms in total. The monoisotopic (exact) mass is 305 g/mol. The van der Waals surface area contributed by atoms with Gasteiger partial charge in [0.2, 0.25) is 0 Å². The number of hydrogen-bond acceptors (Lipinski definition) is 4. The Kier molecular flexibility index (Phi) is 6.27. The number of halogens is 1. The fourth-order valence-electron chi connectivity index (χ4n) is 1.36. The van der Waals surface area contributed by atoms with Crippen molar-refractivity contribution in [3.8, 4) is 0 Å². The van der Waals surface area contributed by atoms with E-state index in [2.05, 4.69) is 5.32 Å². The zero-order valence-electron chi connectivity index (χ0n) is 10.6. The van der Waals surface area contributed by atoms with Gasteiger partial charge >= 0.3 is 0 Å². The molecule has 0 aliphatic rings. The van der Waals surface area contributed by atoms with Crippen molar-refractivity contribution in [3.63, 3.8) is 0 Å². The molecular weight excluding hydrogens is 290 g/mol. The van der Waals surface area contributed by atoms with Gasteiger partial charge in [0, 0.05) is 24.2 Å². The van der Waals surface area contributed by atoms with Crippen LogP contribution in [0.5, 0.6) is 0 Å². The molecule has 1 amide bonds. The second kappa shape index (κ2) is 7.47. The lowest BCUT2D eigenvalue weighted by Crippen LogP contribution is -2.27. The van der Waals surface area contributed by atoms with Gasteiger partial charge in [-0.05, 0) is 18.2 Å². The van der Waals surface area contributed by atoms with E-state index in [0.717, 1.165) is 6.26 Å². The topological polar surface area (TPSA) is 72.5 Å². The Hall–Kier alpha value is -1.11. The Balaban J connectivity index is 2.58. The summed E-state index contributed by atoms with van der Waals surface area (Å²) in [5.41, 5.74) is 0.306. The smallest absolute Gasteiger partial charge is 0.251 e. The van der Waals surface area contributed by atoms with E-state index in [1.807, 2.05) is 0 Å². The van der Waals surface area contributed by atoms with Gasteiger partial charge in [-0.3, -0.25) is 4.79 Å². The summed E-state index contributed by atoms with van der Waals surface area (Å²) >= 11 is 5.43. The largest absolute Gasteiger partial charge is 0.378 e. The maximum Gasteiger partial charge on any atom is 0.251 e. The average molecular weight is 306 g/mol. The van der Waals surface area contributed by atoms with E-state index in [1.165, 1.54) is 18.2 Å². The van der Waals surface area contributed by atoms with Gasteiger partial charge in [0.15, 0.2) is 9.84 Å². The third-order valence-corrected chi connectivity index (χ3v) is 3.54. The van der Waals surface area contributed by atoms with Gasteiger partial charge in [0.05, 0.1) is 18.1 Å². The van der Waals surface area contributed by atoms with Crippen LogP contribution >= 0.6 is 11.6 Å². The number of benzene rings is 1. The summed E-state index contributed by atoms with van der Waals surface area (Å²) in [4.78, 5) is 11.9. The van der Waals surface area contributed by atoms with Crippen LogP contribution in [0.25, 0.3) is 0 Å². The molecule has 0 saturated carbocycles. The van der Waals surface area contributed by atoms with Gasteiger partial charge in [0.1, 0.15) is 0 Å². The molecule has 0 radical (unpaired) electrons. The van der Waals surface area contributed by atoms with Crippen LogP contribution in [-0.2, 0) is 14.6 Å². The zero-order valence-corrected chi connectivity index (χ0v) is 12.1. The molecule has 0 aromatic heterocycles. The minimum absolute atomic E-state index is 0.124. The van der Waals surface area contributed by atoms with Crippen molar-refractivity contribution >= 4 is 27.3 Å². The van der Waals surface area contributed by atoms with Crippen LogP contribution in [0.1, 0.15) is 10.4 Å². The molecule has 0 bridgehead atoms. The van der Waals surface area contributed by atoms with Gasteiger partial charge in [-0.15, -0.1) is 11.6 Å². The van der Waals surface area contributed by atoms with Gasteiger partial charge in [-0.1, -0.05) is 6.07 Å². The van der Waals surface area contributed by atoms with E-state index < -0.39 is 9.84 Å². The molecule has 106 valence electrons. The molecule has 1 aromatic rings. The highest BCUT2D eigenvalue weighted by Crippen LogP contribution is 2.11. The second-order valence-corrected chi connectivity index (χ2v) is 6.25. The van der Waals surface area contributed by atoms with Crippen molar-refractivity contribution in [2.24, 2.45) is 0 Å². The first kappa shape index (κ1) is 15.9. The predicted octanol–water partition coefficient (Wildman–Crippen LogP) is 1.08. The van der Waals surface area contributed by atoms with Gasteiger partial charge in [-0.25, -0.2) is 8.42 Å². The zero-order chi connectivity index (χ0) is 14.3. The van der Waals surface area contributed by atoms with Crippen molar-refractivity contribution in [3.05, 3.63) is 29.8 Å². The van der Waals surface area contributed by atoms with E-state index in [4.69, 9.17) is 16.3 Å². The third-order valence-electron chi connectivity index (χ3n) is 2.28. The standard InChI is InChI=1S/C12H16ClNO4S/c1-19(16,17)11-4-2-3-10(9-11)12(15)14-6-8-18-7-5-13/h2-4,9H,5-8H2,1H3,(H,14,15). The molecule has 0 fully saturated rings. The summed E-state index contributed by atoms with van der Waals surface area (Å²) in [5.74, 6) is 0.0737. The second-order valence-electron chi connectivity index (χ2n) is 3.86. The van der Waals surface area contributed by atoms with Crippen molar-refractivity contribution in [1.82, 2.24) is 5.32 Å². The maximum absolute atomic E-state index is 11.8. The predicted molar refractivity (Wildman–Crippen MR) is 73.4 cm³/mol. The van der Waals surface area contributed by atoms with Crippen LogP contribution in [0.15, 0.2) is 29.2 Å². The van der Waals surface area contributed by atoms with Crippen LogP contribution in [0, 0.1) is 0 Å². The fraction of sp³-hybridized carbons (Fsp3) is 0.417. The Morgan fingerprint density at radius 2 is 2.11 bits per heavy atom. The SMILES string of the molecule is CS(=O)(=O)c1cccc(C(=O)NCCOCCCl)c1. The fourth-order valence-corrected chi connectivity index (χ4v) is 2.14. The first-order valence-electron chi connectivity index (χ1n) is 5.67. The molecule has 1 N–H and O–H groups in total. The summed E-state index contributed by atoms with van der Waals surface area (Å²) in [6.07, 6.45) is 1.10. The maximum atomic E-state index is 11.8. The van der Waals surface area contributed by atoms with Crippen molar-refractivity contribution in [2.75, 3.05) is 31.9 Å². The molecule has 0 heterocycles. The van der Waals surface area contributed by atoms with Gasteiger partial charge < -0.3 is 10.1 Å². The first-order chi connectivity index (χ1) is 8.95. The van der Waals surface area contributed by atoms with E-state index >= 15 is 0 Å². The molecule has 1 aromatic carbocycles. The molecule has 0 spiro atoms. The lowest BCUT2D eigenvalue weighted by molar-refractivity contribution is 0.0923. The summed E-state index contributed by atoms with van der Waals surface area (Å²) in [5, 5.41) is 2.63. The van der Waals surface area contributed by atoms with Crippen LogP contribution in [0.4, 0.5) is 0 Å². The Morgan fingerprint density at radius 3 is 2.74 bits per heavy atom. The first-order valence-corrected chi connectivity index (χ1v) is 8.10. The van der Waals surface area contributed by atoms with Crippen LogP contribution in [0.3, 0.4) is 0 Å². The molecule has 0 atom stereocenters. The minimum Gasteiger partial charge on any atom is -0.378 e. The number of ether oxygens (including phenoxy) is 1. The molecule has 19 heavy (non-hydrogen) atoms. The average Bonchev–Trinajstić information content (AvgIpc) is 2.37. The number of alkyl halides is 1. The third kappa shape index (κ3) is 5.59. The van der Waals surface area contributed by atoms with Gasteiger partial charge in [0.25, 0.3) is 5.91 Å². The van der Waals surface area contributed by atoms with Crippen molar-refractivity contribution in [2.45, 2.75) is 4.90 Å². The number of rotatable bonds is 7. The molecule has 1 rings (SSSR count). The number of carbonyl (C=O) groups is 1. The van der Waals surface area contributed by atoms with E-state index in [9.17, 15) is 13.2 Å². The Morgan fingerprint density at radius 1 is 1.37 bits per heavy atom. The summed E-state index contributed by atoms with van der Waals surface area (Å²) in [7, 11) is -3.31. The summed E-state index contributed by atoms with van der Waals surface area (Å²) < 4.78 is 27.9. The van der Waals surface area contributed by atoms with Gasteiger partial charge in [-0.2, -0.15) is 0 Å². The Bertz CT molecular complexity index is 530. The summed E-state index contributed by atoms with van der Waals surface area (Å²) in [6, 6.07) is 5.90. The molecule has 0 saturated heterocycles. The number of hydrogen-bond donors (Lipinski definition) is 1. The normalized spacial score (nSPS) is 11.3. The lowest BCUT2D eigenvalue weighted by atomic mass is 10.2. The number of sulfone groups is 1.